The number of nitrogens with two attached hydrogens (primary N) is 1. The molecule has 0 bridgehead atoms. The van der Waals surface area contributed by atoms with E-state index < -0.39 is 0 Å². The van der Waals surface area contributed by atoms with Gasteiger partial charge in [0, 0.05) is 15.6 Å². The monoisotopic (exact) mass is 271 g/mol. The zero-order valence-electron chi connectivity index (χ0n) is 8.82. The molecule has 1 fully saturated rings. The average Bonchev–Trinajstić information content (AvgIpc) is 2.91. The normalized spacial score (nSPS) is 17.9. The van der Waals surface area contributed by atoms with Gasteiger partial charge in [0.25, 0.3) is 0 Å². The van der Waals surface area contributed by atoms with Gasteiger partial charge in [-0.25, -0.2) is 4.39 Å². The Hall–Kier alpha value is -0.410. The minimum atomic E-state index is -0.0892. The summed E-state index contributed by atoms with van der Waals surface area (Å²) in [5, 5.41) is 0. The van der Waals surface area contributed by atoms with Crippen LogP contribution in [-0.4, -0.2) is 5.54 Å². The Morgan fingerprint density at radius 2 is 2.13 bits per heavy atom. The number of rotatable bonds is 3. The molecule has 2 rings (SSSR count). The molecular formula is C12H15BrFN. The molecule has 1 nitrogen and oxygen atoms in total. The summed E-state index contributed by atoms with van der Waals surface area (Å²) >= 11 is 3.39. The molecule has 1 saturated carbocycles. The van der Waals surface area contributed by atoms with Crippen LogP contribution in [0.1, 0.15) is 30.4 Å². The molecule has 0 amide bonds. The molecule has 1 aromatic rings. The number of aryl methyl sites for hydroxylation is 1. The minimum absolute atomic E-state index is 0.00434. The van der Waals surface area contributed by atoms with Crippen LogP contribution in [0.15, 0.2) is 16.6 Å². The molecule has 1 aromatic carbocycles. The first-order valence-corrected chi connectivity index (χ1v) is 6.03. The molecule has 0 aromatic heterocycles. The van der Waals surface area contributed by atoms with Gasteiger partial charge in [-0.1, -0.05) is 22.0 Å². The van der Waals surface area contributed by atoms with Gasteiger partial charge in [0.05, 0.1) is 0 Å². The molecule has 0 spiro atoms. The molecule has 15 heavy (non-hydrogen) atoms. The van der Waals surface area contributed by atoms with E-state index in [9.17, 15) is 4.39 Å². The van der Waals surface area contributed by atoms with Crippen molar-refractivity contribution in [1.29, 1.82) is 0 Å². The van der Waals surface area contributed by atoms with Crippen molar-refractivity contribution in [2.75, 3.05) is 0 Å². The maximum atomic E-state index is 13.8. The van der Waals surface area contributed by atoms with E-state index in [1.165, 1.54) is 0 Å². The zero-order chi connectivity index (χ0) is 11.1. The van der Waals surface area contributed by atoms with Crippen LogP contribution < -0.4 is 5.73 Å². The maximum Gasteiger partial charge on any atom is 0.130 e. The third-order valence-electron chi connectivity index (χ3n) is 3.14. The summed E-state index contributed by atoms with van der Waals surface area (Å²) < 4.78 is 14.6. The molecule has 1 aliphatic rings. The third kappa shape index (κ3) is 2.40. The van der Waals surface area contributed by atoms with E-state index in [-0.39, 0.29) is 11.4 Å². The van der Waals surface area contributed by atoms with E-state index in [4.69, 9.17) is 5.73 Å². The van der Waals surface area contributed by atoms with Crippen LogP contribution in [0.25, 0.3) is 0 Å². The Kier molecular flexibility index (Phi) is 2.86. The van der Waals surface area contributed by atoms with Crippen molar-refractivity contribution in [3.8, 4) is 0 Å². The van der Waals surface area contributed by atoms with Gasteiger partial charge in [0.1, 0.15) is 5.82 Å². The molecule has 0 heterocycles. The Morgan fingerprint density at radius 3 is 2.73 bits per heavy atom. The summed E-state index contributed by atoms with van der Waals surface area (Å²) in [7, 11) is 0. The van der Waals surface area contributed by atoms with Crippen molar-refractivity contribution in [2.45, 2.75) is 38.1 Å². The fraction of sp³-hybridized carbons (Fsp3) is 0.500. The highest BCUT2D eigenvalue weighted by atomic mass is 79.9. The average molecular weight is 272 g/mol. The lowest BCUT2D eigenvalue weighted by Crippen LogP contribution is -2.22. The van der Waals surface area contributed by atoms with Gasteiger partial charge in [-0.05, 0) is 44.2 Å². The van der Waals surface area contributed by atoms with Gasteiger partial charge in [0.2, 0.25) is 0 Å². The third-order valence-corrected chi connectivity index (χ3v) is 3.89. The summed E-state index contributed by atoms with van der Waals surface area (Å²) in [5.74, 6) is -0.0892. The topological polar surface area (TPSA) is 26.0 Å². The zero-order valence-corrected chi connectivity index (χ0v) is 10.4. The molecule has 3 heteroatoms. The summed E-state index contributed by atoms with van der Waals surface area (Å²) in [6.07, 6.45) is 3.77. The van der Waals surface area contributed by atoms with Gasteiger partial charge in [0.15, 0.2) is 0 Å². The molecule has 0 radical (unpaired) electrons. The summed E-state index contributed by atoms with van der Waals surface area (Å²) in [6, 6.07) is 3.70. The smallest absolute Gasteiger partial charge is 0.130 e. The lowest BCUT2D eigenvalue weighted by molar-refractivity contribution is 0.564. The quantitative estimate of drug-likeness (QED) is 0.897. The first-order valence-electron chi connectivity index (χ1n) is 5.24. The van der Waals surface area contributed by atoms with Crippen LogP contribution in [-0.2, 0) is 6.42 Å². The van der Waals surface area contributed by atoms with E-state index in [0.717, 1.165) is 35.7 Å². The summed E-state index contributed by atoms with van der Waals surface area (Å²) in [4.78, 5) is 0. The largest absolute Gasteiger partial charge is 0.325 e. The predicted octanol–water partition coefficient (Wildman–Crippen LogP) is 3.32. The van der Waals surface area contributed by atoms with Gasteiger partial charge in [-0.2, -0.15) is 0 Å². The van der Waals surface area contributed by atoms with E-state index in [2.05, 4.69) is 15.9 Å². The van der Waals surface area contributed by atoms with Crippen molar-refractivity contribution < 1.29 is 4.39 Å². The van der Waals surface area contributed by atoms with Crippen molar-refractivity contribution in [1.82, 2.24) is 0 Å². The number of hydrogen-bond acceptors (Lipinski definition) is 1. The maximum absolute atomic E-state index is 13.8. The highest BCUT2D eigenvalue weighted by molar-refractivity contribution is 9.10. The van der Waals surface area contributed by atoms with E-state index in [1.54, 1.807) is 13.0 Å². The van der Waals surface area contributed by atoms with Crippen molar-refractivity contribution in [3.05, 3.63) is 33.5 Å². The second-order valence-electron chi connectivity index (χ2n) is 4.52. The van der Waals surface area contributed by atoms with E-state index in [1.807, 2.05) is 6.07 Å². The van der Waals surface area contributed by atoms with Crippen LogP contribution in [0.2, 0.25) is 0 Å². The van der Waals surface area contributed by atoms with Gasteiger partial charge in [-0.15, -0.1) is 0 Å². The number of benzene rings is 1. The molecular weight excluding hydrogens is 257 g/mol. The lowest BCUT2D eigenvalue weighted by Gasteiger charge is -2.11. The van der Waals surface area contributed by atoms with Crippen LogP contribution in [0.5, 0.6) is 0 Å². The van der Waals surface area contributed by atoms with Crippen LogP contribution in [0, 0.1) is 12.7 Å². The van der Waals surface area contributed by atoms with Gasteiger partial charge in [-0.3, -0.25) is 0 Å². The van der Waals surface area contributed by atoms with Crippen molar-refractivity contribution in [2.24, 2.45) is 5.73 Å². The number of halogens is 2. The second-order valence-corrected chi connectivity index (χ2v) is 5.37. The fourth-order valence-electron chi connectivity index (χ4n) is 1.73. The Morgan fingerprint density at radius 1 is 1.47 bits per heavy atom. The molecule has 0 atom stereocenters. The number of hydrogen-bond donors (Lipinski definition) is 1. The lowest BCUT2D eigenvalue weighted by atomic mass is 10.0. The Labute approximate surface area is 98.0 Å². The van der Waals surface area contributed by atoms with Gasteiger partial charge < -0.3 is 5.73 Å². The highest BCUT2D eigenvalue weighted by Crippen LogP contribution is 2.37. The van der Waals surface area contributed by atoms with Crippen molar-refractivity contribution >= 4 is 15.9 Å². The Balaban J connectivity index is 2.16. The van der Waals surface area contributed by atoms with Crippen LogP contribution in [0.3, 0.4) is 0 Å². The molecule has 0 saturated heterocycles. The molecule has 0 aliphatic heterocycles. The first-order chi connectivity index (χ1) is 7.02. The molecule has 1 aliphatic carbocycles. The van der Waals surface area contributed by atoms with Crippen molar-refractivity contribution in [3.63, 3.8) is 0 Å². The molecule has 82 valence electrons. The minimum Gasteiger partial charge on any atom is -0.325 e. The molecule has 0 unspecified atom stereocenters. The second kappa shape index (κ2) is 3.87. The predicted molar refractivity (Wildman–Crippen MR) is 63.3 cm³/mol. The van der Waals surface area contributed by atoms with E-state index in [0.29, 0.717) is 5.56 Å². The van der Waals surface area contributed by atoms with Gasteiger partial charge >= 0.3 is 0 Å². The SMILES string of the molecule is Cc1ccc(Br)c(CCC2(N)CC2)c1F. The highest BCUT2D eigenvalue weighted by Gasteiger charge is 2.37. The summed E-state index contributed by atoms with van der Waals surface area (Å²) in [6.45, 7) is 1.79. The fourth-order valence-corrected chi connectivity index (χ4v) is 2.23. The standard InChI is InChI=1S/C12H15BrFN/c1-8-2-3-10(13)9(11(8)14)4-5-12(15)6-7-12/h2-3H,4-7,15H2,1H3. The van der Waals surface area contributed by atoms with E-state index >= 15 is 0 Å². The molecule has 2 N–H and O–H groups in total. The van der Waals surface area contributed by atoms with Crippen LogP contribution in [0.4, 0.5) is 4.39 Å². The first kappa shape index (κ1) is 11.1. The van der Waals surface area contributed by atoms with Crippen LogP contribution >= 0.6 is 15.9 Å². The Bertz CT molecular complexity index is 385. The summed E-state index contributed by atoms with van der Waals surface area (Å²) in [5.41, 5.74) is 7.46.